The largest absolute Gasteiger partial charge is 0.276 e. The van der Waals surface area contributed by atoms with E-state index in [1.165, 1.54) is 12.8 Å². The molecule has 1 heterocycles. The van der Waals surface area contributed by atoms with Crippen molar-refractivity contribution in [2.75, 3.05) is 0 Å². The Morgan fingerprint density at radius 1 is 1.71 bits per heavy atom. The Labute approximate surface area is 84.4 Å². The van der Waals surface area contributed by atoms with Gasteiger partial charge in [-0.25, -0.2) is 0 Å². The summed E-state index contributed by atoms with van der Waals surface area (Å²) in [6, 6.07) is 2.41. The minimum atomic E-state index is 0.359. The molecule has 0 aliphatic heterocycles. The van der Waals surface area contributed by atoms with Gasteiger partial charge in [-0.2, -0.15) is 5.10 Å². The number of aryl methyl sites for hydroxylation is 1. The molecule has 1 atom stereocenters. The van der Waals surface area contributed by atoms with Gasteiger partial charge in [0.25, 0.3) is 0 Å². The van der Waals surface area contributed by atoms with Gasteiger partial charge in [0.1, 0.15) is 0 Å². The topological polar surface area (TPSA) is 55.9 Å². The average Bonchev–Trinajstić information content (AvgIpc) is 2.76. The molecule has 4 heteroatoms. The lowest BCUT2D eigenvalue weighted by atomic mass is 9.95. The fourth-order valence-corrected chi connectivity index (χ4v) is 1.83. The number of nitrogens with two attached hydrogens (primary N) is 1. The summed E-state index contributed by atoms with van der Waals surface area (Å²) in [5.41, 5.74) is 4.42. The maximum absolute atomic E-state index is 5.57. The Kier molecular flexibility index (Phi) is 2.33. The lowest BCUT2D eigenvalue weighted by Crippen LogP contribution is -2.42. The van der Waals surface area contributed by atoms with E-state index in [0.717, 1.165) is 12.1 Å². The number of aromatic nitrogens is 2. The van der Waals surface area contributed by atoms with E-state index in [2.05, 4.69) is 23.5 Å². The van der Waals surface area contributed by atoms with Gasteiger partial charge in [-0.05, 0) is 24.3 Å². The van der Waals surface area contributed by atoms with Crippen LogP contribution in [0.4, 0.5) is 0 Å². The molecule has 1 aromatic rings. The van der Waals surface area contributed by atoms with Crippen molar-refractivity contribution in [3.05, 3.63) is 18.0 Å². The van der Waals surface area contributed by atoms with Crippen molar-refractivity contribution in [2.45, 2.75) is 32.2 Å². The minimum absolute atomic E-state index is 0.359. The van der Waals surface area contributed by atoms with Crippen LogP contribution in [0, 0.1) is 5.41 Å². The van der Waals surface area contributed by atoms with Crippen LogP contribution in [0.15, 0.2) is 12.3 Å². The van der Waals surface area contributed by atoms with Crippen LogP contribution in [0.3, 0.4) is 0 Å². The van der Waals surface area contributed by atoms with E-state index in [9.17, 15) is 0 Å². The SMILES string of the molecule is Cn1ccc(CC(NN)C2(C)CC2)n1. The second-order valence-corrected chi connectivity index (χ2v) is 4.56. The maximum Gasteiger partial charge on any atom is 0.0640 e. The zero-order valence-electron chi connectivity index (χ0n) is 8.83. The number of hydrazine groups is 1. The van der Waals surface area contributed by atoms with Crippen molar-refractivity contribution in [2.24, 2.45) is 18.3 Å². The lowest BCUT2D eigenvalue weighted by Gasteiger charge is -2.21. The molecule has 0 spiro atoms. The van der Waals surface area contributed by atoms with Crippen LogP contribution in [-0.2, 0) is 13.5 Å². The van der Waals surface area contributed by atoms with Gasteiger partial charge in [0.05, 0.1) is 5.69 Å². The predicted molar refractivity (Wildman–Crippen MR) is 55.4 cm³/mol. The Bertz CT molecular complexity index is 314. The van der Waals surface area contributed by atoms with E-state index < -0.39 is 0 Å². The standard InChI is InChI=1S/C10H18N4/c1-10(4-5-10)9(12-11)7-8-3-6-14(2)13-8/h3,6,9,12H,4-5,7,11H2,1-2H3. The number of hydrogen-bond acceptors (Lipinski definition) is 3. The first-order valence-electron chi connectivity index (χ1n) is 5.09. The normalized spacial score (nSPS) is 20.8. The molecule has 4 nitrogen and oxygen atoms in total. The molecule has 78 valence electrons. The van der Waals surface area contributed by atoms with Crippen molar-refractivity contribution >= 4 is 0 Å². The van der Waals surface area contributed by atoms with E-state index in [-0.39, 0.29) is 0 Å². The van der Waals surface area contributed by atoms with Crippen molar-refractivity contribution in [3.63, 3.8) is 0 Å². The van der Waals surface area contributed by atoms with Gasteiger partial charge in [-0.15, -0.1) is 0 Å². The summed E-state index contributed by atoms with van der Waals surface area (Å²) >= 11 is 0. The van der Waals surface area contributed by atoms with Gasteiger partial charge in [0.15, 0.2) is 0 Å². The molecule has 14 heavy (non-hydrogen) atoms. The second kappa shape index (κ2) is 3.37. The molecule has 0 radical (unpaired) electrons. The number of nitrogens with zero attached hydrogens (tertiary/aromatic N) is 2. The van der Waals surface area contributed by atoms with E-state index in [1.807, 2.05) is 17.9 Å². The molecule has 0 bridgehead atoms. The first-order valence-corrected chi connectivity index (χ1v) is 5.09. The minimum Gasteiger partial charge on any atom is -0.276 e. The van der Waals surface area contributed by atoms with Crippen molar-refractivity contribution in [1.29, 1.82) is 0 Å². The van der Waals surface area contributed by atoms with Crippen LogP contribution in [0.5, 0.6) is 0 Å². The second-order valence-electron chi connectivity index (χ2n) is 4.56. The highest BCUT2D eigenvalue weighted by molar-refractivity contribution is 5.07. The van der Waals surface area contributed by atoms with Crippen LogP contribution >= 0.6 is 0 Å². The smallest absolute Gasteiger partial charge is 0.0640 e. The Morgan fingerprint density at radius 3 is 2.86 bits per heavy atom. The van der Waals surface area contributed by atoms with Gasteiger partial charge in [-0.1, -0.05) is 6.92 Å². The van der Waals surface area contributed by atoms with Crippen LogP contribution < -0.4 is 11.3 Å². The molecule has 1 unspecified atom stereocenters. The summed E-state index contributed by atoms with van der Waals surface area (Å²) in [5, 5.41) is 4.36. The molecule has 1 fully saturated rings. The fraction of sp³-hybridized carbons (Fsp3) is 0.700. The lowest BCUT2D eigenvalue weighted by molar-refractivity contribution is 0.356. The molecule has 0 saturated heterocycles. The van der Waals surface area contributed by atoms with Crippen LogP contribution in [0.2, 0.25) is 0 Å². The highest BCUT2D eigenvalue weighted by atomic mass is 15.3. The molecule has 3 N–H and O–H groups in total. The molecule has 1 aliphatic carbocycles. The molecular formula is C10H18N4. The highest BCUT2D eigenvalue weighted by Crippen LogP contribution is 2.48. The quantitative estimate of drug-likeness (QED) is 0.545. The molecule has 0 amide bonds. The molecule has 1 aliphatic rings. The first-order chi connectivity index (χ1) is 6.64. The molecule has 1 saturated carbocycles. The van der Waals surface area contributed by atoms with Gasteiger partial charge < -0.3 is 0 Å². The Morgan fingerprint density at radius 2 is 2.43 bits per heavy atom. The van der Waals surface area contributed by atoms with Crippen molar-refractivity contribution in [3.8, 4) is 0 Å². The number of nitrogens with one attached hydrogen (secondary N) is 1. The fourth-order valence-electron chi connectivity index (χ4n) is 1.83. The number of rotatable bonds is 4. The van der Waals surface area contributed by atoms with Crippen LogP contribution in [0.25, 0.3) is 0 Å². The highest BCUT2D eigenvalue weighted by Gasteiger charge is 2.44. The van der Waals surface area contributed by atoms with E-state index in [4.69, 9.17) is 5.84 Å². The molecular weight excluding hydrogens is 176 g/mol. The van der Waals surface area contributed by atoms with E-state index in [1.54, 1.807) is 0 Å². The average molecular weight is 194 g/mol. The summed E-state index contributed by atoms with van der Waals surface area (Å²) in [4.78, 5) is 0. The van der Waals surface area contributed by atoms with E-state index in [0.29, 0.717) is 11.5 Å². The zero-order chi connectivity index (χ0) is 10.2. The van der Waals surface area contributed by atoms with Crippen LogP contribution in [-0.4, -0.2) is 15.8 Å². The first kappa shape index (κ1) is 9.68. The summed E-state index contributed by atoms with van der Waals surface area (Å²) in [7, 11) is 1.94. The van der Waals surface area contributed by atoms with Crippen LogP contribution in [0.1, 0.15) is 25.5 Å². The maximum atomic E-state index is 5.57. The Balaban J connectivity index is 2.01. The van der Waals surface area contributed by atoms with Gasteiger partial charge >= 0.3 is 0 Å². The van der Waals surface area contributed by atoms with Crippen molar-refractivity contribution in [1.82, 2.24) is 15.2 Å². The van der Waals surface area contributed by atoms with Gasteiger partial charge in [-0.3, -0.25) is 16.0 Å². The Hall–Kier alpha value is -0.870. The summed E-state index contributed by atoms with van der Waals surface area (Å²) in [6.07, 6.45) is 5.44. The monoisotopic (exact) mass is 194 g/mol. The third-order valence-corrected chi connectivity index (χ3v) is 3.26. The van der Waals surface area contributed by atoms with Gasteiger partial charge in [0, 0.05) is 25.7 Å². The third-order valence-electron chi connectivity index (χ3n) is 3.26. The van der Waals surface area contributed by atoms with E-state index >= 15 is 0 Å². The predicted octanol–water partition coefficient (Wildman–Crippen LogP) is 0.595. The molecule has 1 aromatic heterocycles. The van der Waals surface area contributed by atoms with Gasteiger partial charge in [0.2, 0.25) is 0 Å². The zero-order valence-corrected chi connectivity index (χ0v) is 8.83. The third kappa shape index (κ3) is 1.81. The molecule has 2 rings (SSSR count). The summed E-state index contributed by atoms with van der Waals surface area (Å²) < 4.78 is 1.83. The van der Waals surface area contributed by atoms with Crippen molar-refractivity contribution < 1.29 is 0 Å². The summed E-state index contributed by atoms with van der Waals surface area (Å²) in [5.74, 6) is 5.57. The summed E-state index contributed by atoms with van der Waals surface area (Å²) in [6.45, 7) is 2.28. The number of hydrogen-bond donors (Lipinski definition) is 2. The molecule has 0 aromatic carbocycles.